The second kappa shape index (κ2) is 6.22. The van der Waals surface area contributed by atoms with Gasteiger partial charge in [-0.05, 0) is 43.3 Å². The Balaban J connectivity index is 2.57. The number of sulfonamides is 1. The van der Waals surface area contributed by atoms with E-state index >= 15 is 0 Å². The first-order valence-electron chi connectivity index (χ1n) is 6.09. The third-order valence-electron chi connectivity index (χ3n) is 2.84. The Bertz CT molecular complexity index is 765. The van der Waals surface area contributed by atoms with E-state index in [1.807, 2.05) is 0 Å². The van der Waals surface area contributed by atoms with Crippen LogP contribution in [0.1, 0.15) is 6.92 Å². The number of benzene rings is 2. The van der Waals surface area contributed by atoms with Gasteiger partial charge in [0.15, 0.2) is 0 Å². The van der Waals surface area contributed by atoms with Crippen LogP contribution in [0.25, 0.3) is 0 Å². The lowest BCUT2D eigenvalue weighted by Gasteiger charge is -2.23. The van der Waals surface area contributed by atoms with Gasteiger partial charge >= 0.3 is 0 Å². The molecule has 0 unspecified atom stereocenters. The predicted octanol–water partition coefficient (Wildman–Crippen LogP) is 4.35. The lowest BCUT2D eigenvalue weighted by atomic mass is 10.3. The van der Waals surface area contributed by atoms with E-state index in [0.29, 0.717) is 0 Å². The maximum Gasteiger partial charge on any atom is 0.265 e. The summed E-state index contributed by atoms with van der Waals surface area (Å²) in [7, 11) is -3.92. The van der Waals surface area contributed by atoms with Crippen LogP contribution in [-0.4, -0.2) is 15.0 Å². The summed E-state index contributed by atoms with van der Waals surface area (Å²) in [6.07, 6.45) is 0. The average molecular weight is 348 g/mol. The van der Waals surface area contributed by atoms with E-state index in [0.717, 1.165) is 10.4 Å². The van der Waals surface area contributed by atoms with Gasteiger partial charge in [-0.25, -0.2) is 12.8 Å². The van der Waals surface area contributed by atoms with Crippen LogP contribution in [-0.2, 0) is 10.0 Å². The van der Waals surface area contributed by atoms with Crippen LogP contribution in [0.3, 0.4) is 0 Å². The van der Waals surface area contributed by atoms with Gasteiger partial charge in [-0.1, -0.05) is 29.3 Å². The van der Waals surface area contributed by atoms with Crippen molar-refractivity contribution in [1.29, 1.82) is 0 Å². The predicted molar refractivity (Wildman–Crippen MR) is 83.1 cm³/mol. The summed E-state index contributed by atoms with van der Waals surface area (Å²) in [5.74, 6) is -0.515. The summed E-state index contributed by atoms with van der Waals surface area (Å²) in [4.78, 5) is -0.109. The molecule has 0 aliphatic carbocycles. The van der Waals surface area contributed by atoms with Crippen molar-refractivity contribution in [3.05, 3.63) is 58.3 Å². The van der Waals surface area contributed by atoms with Crippen molar-refractivity contribution in [2.24, 2.45) is 0 Å². The smallest absolute Gasteiger partial charge is 0.265 e. The Morgan fingerprint density at radius 3 is 2.48 bits per heavy atom. The van der Waals surface area contributed by atoms with Gasteiger partial charge in [-0.15, -0.1) is 0 Å². The molecule has 0 aromatic heterocycles. The van der Waals surface area contributed by atoms with E-state index in [4.69, 9.17) is 23.2 Å². The molecule has 7 heteroatoms. The van der Waals surface area contributed by atoms with E-state index in [9.17, 15) is 12.8 Å². The summed E-state index contributed by atoms with van der Waals surface area (Å²) < 4.78 is 39.8. The first-order chi connectivity index (χ1) is 9.86. The lowest BCUT2D eigenvalue weighted by Crippen LogP contribution is -2.31. The Morgan fingerprint density at radius 1 is 1.14 bits per heavy atom. The number of nitrogens with zero attached hydrogens (tertiary/aromatic N) is 1. The van der Waals surface area contributed by atoms with Crippen LogP contribution < -0.4 is 4.31 Å². The zero-order chi connectivity index (χ0) is 15.6. The van der Waals surface area contributed by atoms with Crippen molar-refractivity contribution in [3.8, 4) is 0 Å². The lowest BCUT2D eigenvalue weighted by molar-refractivity contribution is 0.591. The van der Waals surface area contributed by atoms with Gasteiger partial charge in [0.1, 0.15) is 10.7 Å². The number of halogens is 3. The van der Waals surface area contributed by atoms with Crippen LogP contribution in [0.2, 0.25) is 10.0 Å². The maximum absolute atomic E-state index is 13.3. The van der Waals surface area contributed by atoms with E-state index in [1.165, 1.54) is 36.4 Å². The van der Waals surface area contributed by atoms with Crippen molar-refractivity contribution >= 4 is 38.9 Å². The zero-order valence-electron chi connectivity index (χ0n) is 11.1. The third kappa shape index (κ3) is 3.31. The minimum atomic E-state index is -3.92. The maximum atomic E-state index is 13.3. The molecule has 0 fully saturated rings. The topological polar surface area (TPSA) is 37.4 Å². The van der Waals surface area contributed by atoms with Gasteiger partial charge in [0.2, 0.25) is 0 Å². The highest BCUT2D eigenvalue weighted by molar-refractivity contribution is 7.93. The Hall–Kier alpha value is -1.30. The van der Waals surface area contributed by atoms with Crippen LogP contribution in [0.4, 0.5) is 10.1 Å². The highest BCUT2D eigenvalue weighted by atomic mass is 35.5. The van der Waals surface area contributed by atoms with E-state index in [2.05, 4.69) is 0 Å². The van der Waals surface area contributed by atoms with Crippen molar-refractivity contribution in [2.45, 2.75) is 11.8 Å². The molecular formula is C14H12Cl2FNO2S. The second-order valence-corrected chi connectivity index (χ2v) is 6.90. The quantitative estimate of drug-likeness (QED) is 0.824. The number of hydrogen-bond donors (Lipinski definition) is 0. The summed E-state index contributed by atoms with van der Waals surface area (Å²) in [6.45, 7) is 1.79. The molecule has 0 spiro atoms. The average Bonchev–Trinajstić information content (AvgIpc) is 2.42. The van der Waals surface area contributed by atoms with Crippen LogP contribution in [0.15, 0.2) is 47.4 Å². The fourth-order valence-electron chi connectivity index (χ4n) is 1.92. The van der Waals surface area contributed by atoms with Crippen molar-refractivity contribution < 1.29 is 12.8 Å². The molecule has 0 amide bonds. The van der Waals surface area contributed by atoms with Gasteiger partial charge in [-0.2, -0.15) is 0 Å². The summed E-state index contributed by atoms with van der Waals surface area (Å²) >= 11 is 11.8. The van der Waals surface area contributed by atoms with Crippen LogP contribution in [0, 0.1) is 5.82 Å². The molecule has 2 rings (SSSR count). The molecule has 112 valence electrons. The summed E-state index contributed by atoms with van der Waals surface area (Å²) in [6, 6.07) is 9.56. The minimum Gasteiger partial charge on any atom is -0.266 e. The zero-order valence-corrected chi connectivity index (χ0v) is 13.4. The second-order valence-electron chi connectivity index (χ2n) is 4.22. The molecule has 0 heterocycles. The molecule has 0 radical (unpaired) electrons. The molecule has 0 saturated carbocycles. The molecule has 2 aromatic carbocycles. The van der Waals surface area contributed by atoms with Gasteiger partial charge in [0.05, 0.1) is 10.7 Å². The Labute approximate surface area is 133 Å². The SMILES string of the molecule is CCN(c1cccc(F)c1)S(=O)(=O)c1cc(Cl)ccc1Cl. The first-order valence-corrected chi connectivity index (χ1v) is 8.29. The van der Waals surface area contributed by atoms with Crippen molar-refractivity contribution in [3.63, 3.8) is 0 Å². The van der Waals surface area contributed by atoms with Gasteiger partial charge in [0, 0.05) is 11.6 Å². The molecule has 0 aliphatic heterocycles. The molecule has 0 atom stereocenters. The van der Waals surface area contributed by atoms with E-state index in [-0.39, 0.29) is 27.2 Å². The standard InChI is InChI=1S/C14H12Cl2FNO2S/c1-2-18(12-5-3-4-11(17)9-12)21(19,20)14-8-10(15)6-7-13(14)16/h3-9H,2H2,1H3. The third-order valence-corrected chi connectivity index (χ3v) is 5.46. The van der Waals surface area contributed by atoms with Gasteiger partial charge in [0.25, 0.3) is 10.0 Å². The molecule has 3 nitrogen and oxygen atoms in total. The van der Waals surface area contributed by atoms with Gasteiger partial charge < -0.3 is 0 Å². The van der Waals surface area contributed by atoms with E-state index in [1.54, 1.807) is 6.92 Å². The Morgan fingerprint density at radius 2 is 1.86 bits per heavy atom. The van der Waals surface area contributed by atoms with E-state index < -0.39 is 15.8 Å². The van der Waals surface area contributed by atoms with Crippen molar-refractivity contribution in [1.82, 2.24) is 0 Å². The summed E-state index contributed by atoms with van der Waals surface area (Å²) in [5, 5.41) is 0.322. The number of rotatable bonds is 4. The molecular weight excluding hydrogens is 336 g/mol. The monoisotopic (exact) mass is 347 g/mol. The Kier molecular flexibility index (Phi) is 4.76. The summed E-state index contributed by atoms with van der Waals surface area (Å²) in [5.41, 5.74) is 0.230. The highest BCUT2D eigenvalue weighted by Crippen LogP contribution is 2.30. The molecule has 0 aliphatic rings. The number of anilines is 1. The minimum absolute atomic E-state index is 0.0641. The normalized spacial score (nSPS) is 11.4. The van der Waals surface area contributed by atoms with Crippen LogP contribution in [0.5, 0.6) is 0 Å². The number of hydrogen-bond acceptors (Lipinski definition) is 2. The fourth-order valence-corrected chi connectivity index (χ4v) is 4.12. The highest BCUT2D eigenvalue weighted by Gasteiger charge is 2.26. The molecule has 2 aromatic rings. The van der Waals surface area contributed by atoms with Crippen LogP contribution >= 0.6 is 23.2 Å². The molecule has 0 N–H and O–H groups in total. The van der Waals surface area contributed by atoms with Gasteiger partial charge in [-0.3, -0.25) is 4.31 Å². The molecule has 0 bridgehead atoms. The fraction of sp³-hybridized carbons (Fsp3) is 0.143. The first kappa shape index (κ1) is 16.1. The largest absolute Gasteiger partial charge is 0.266 e. The van der Waals surface area contributed by atoms with Crippen molar-refractivity contribution in [2.75, 3.05) is 10.8 Å². The molecule has 21 heavy (non-hydrogen) atoms. The molecule has 0 saturated heterocycles.